The van der Waals surface area contributed by atoms with Crippen molar-refractivity contribution in [2.45, 2.75) is 154 Å². The lowest BCUT2D eigenvalue weighted by Crippen LogP contribution is -2.60. The van der Waals surface area contributed by atoms with Crippen LogP contribution in [-0.4, -0.2) is 185 Å². The first kappa shape index (κ1) is 61.7. The number of carbonyl (C=O) groups excluding carboxylic acids is 4. The molecule has 0 saturated carbocycles. The number of carboxylic acid groups (broad SMARTS) is 1. The maximum atomic E-state index is 13.8. The highest BCUT2D eigenvalue weighted by Crippen LogP contribution is 2.26. The summed E-state index contributed by atoms with van der Waals surface area (Å²) in [4.78, 5) is 67.5. The van der Waals surface area contributed by atoms with E-state index in [1.54, 1.807) is 48.9 Å². The molecule has 66 heavy (non-hydrogen) atoms. The van der Waals surface area contributed by atoms with Crippen LogP contribution in [0.25, 0.3) is 0 Å². The third-order valence-electron chi connectivity index (χ3n) is 12.3. The van der Waals surface area contributed by atoms with Crippen molar-refractivity contribution in [1.29, 1.82) is 0 Å². The molecule has 1 rings (SSSR count). The summed E-state index contributed by atoms with van der Waals surface area (Å²) in [5, 5.41) is 55.9. The molecular formula is C48H83N5O13. The second kappa shape index (κ2) is 31.6. The molecular weight excluding hydrogens is 855 g/mol. The van der Waals surface area contributed by atoms with Crippen LogP contribution in [0.4, 0.5) is 0 Å². The lowest BCUT2D eigenvalue weighted by molar-refractivity contribution is -0.144. The summed E-state index contributed by atoms with van der Waals surface area (Å²) in [5.74, 6) is -3.03. The van der Waals surface area contributed by atoms with Crippen molar-refractivity contribution in [2.24, 2.45) is 23.7 Å². The van der Waals surface area contributed by atoms with Crippen LogP contribution in [0.15, 0.2) is 37.0 Å². The number of aliphatic hydroxyl groups is 4. The number of carbonyl (C=O) groups is 5. The van der Waals surface area contributed by atoms with Crippen LogP contribution in [0, 0.1) is 36.2 Å². The van der Waals surface area contributed by atoms with E-state index in [4.69, 9.17) is 15.9 Å². The number of rotatable bonds is 30. The second-order valence-electron chi connectivity index (χ2n) is 17.7. The second-order valence-corrected chi connectivity index (χ2v) is 17.7. The van der Waals surface area contributed by atoms with Gasteiger partial charge >= 0.3 is 5.97 Å². The summed E-state index contributed by atoms with van der Waals surface area (Å²) < 4.78 is 15.8. The van der Waals surface area contributed by atoms with E-state index in [2.05, 4.69) is 42.4 Å². The largest absolute Gasteiger partial charge is 0.480 e. The summed E-state index contributed by atoms with van der Waals surface area (Å²) >= 11 is 0. The Morgan fingerprint density at radius 2 is 1.52 bits per heavy atom. The van der Waals surface area contributed by atoms with Crippen molar-refractivity contribution in [3.63, 3.8) is 0 Å². The smallest absolute Gasteiger partial charge is 0.326 e. The first-order chi connectivity index (χ1) is 31.0. The van der Waals surface area contributed by atoms with Crippen molar-refractivity contribution in [1.82, 2.24) is 25.3 Å². The molecule has 0 spiro atoms. The van der Waals surface area contributed by atoms with E-state index in [1.165, 1.54) is 19.3 Å². The van der Waals surface area contributed by atoms with E-state index in [9.17, 15) is 49.5 Å². The van der Waals surface area contributed by atoms with Crippen LogP contribution in [-0.2, 0) is 38.2 Å². The molecule has 13 unspecified atom stereocenters. The zero-order chi connectivity index (χ0) is 51.0. The Labute approximate surface area is 393 Å². The zero-order valence-electron chi connectivity index (χ0n) is 41.5. The maximum absolute atomic E-state index is 13.8. The molecule has 7 N–H and O–H groups in total. The Hall–Kier alpha value is -4.35. The number of likely N-dealkylation sites (tertiary alicyclic amines) is 1. The Morgan fingerprint density at radius 1 is 0.909 bits per heavy atom. The van der Waals surface area contributed by atoms with Gasteiger partial charge in [0.2, 0.25) is 24.1 Å². The number of hydrogen-bond acceptors (Lipinski definition) is 13. The van der Waals surface area contributed by atoms with E-state index in [-0.39, 0.29) is 54.8 Å². The molecule has 1 saturated heterocycles. The lowest BCUT2D eigenvalue weighted by Gasteiger charge is -2.40. The Morgan fingerprint density at radius 3 is 1.97 bits per heavy atom. The standard InChI is InChI=1S/C29H55N3O8.C19H28N2O5/c1-12-19(8)25(22(13-2)39-11)32(10)29(38)23(17(4)5)30-28(37)24(18(6)7)31(9)15-20(33)26(35)27(36)21(34)16-40-14-3;1-5-8-14(6-2)11-15(19(24)25)20-18(23)13(3)17(26-4)16-9-7-10-21(16)12-22/h3,17-27,33-36H,12-13,15-16H2,1-2,4-11H3,(H,30,37);5-6,8,12-13,15-17H,1-2,7,9-11H2,3-4H3,(H,20,23)(H,24,25)/b;14-8+. The van der Waals surface area contributed by atoms with Crippen LogP contribution in [0.2, 0.25) is 0 Å². The van der Waals surface area contributed by atoms with Gasteiger partial charge in [-0.05, 0) is 49.6 Å². The third kappa shape index (κ3) is 18.7. The predicted molar refractivity (Wildman–Crippen MR) is 252 cm³/mol. The molecule has 0 aromatic rings. The van der Waals surface area contributed by atoms with Crippen molar-refractivity contribution >= 4 is 30.1 Å². The SMILES string of the molecule is C#COCC(O)C(O)C(O)C(O)CN(C)C(C(=O)NC(C(=O)N(C)C(C(C)CC)C(CC)OC)C(C)C)C(C)C.C=C/C=C(\C=C)CC(NC(=O)C(C)C(OC)C1CCCN1C=O)C(=O)O. The highest BCUT2D eigenvalue weighted by molar-refractivity contribution is 5.90. The van der Waals surface area contributed by atoms with Crippen molar-refractivity contribution < 1.29 is 63.7 Å². The average molecular weight is 938 g/mol. The minimum absolute atomic E-state index is 0.102. The monoisotopic (exact) mass is 938 g/mol. The van der Waals surface area contributed by atoms with Crippen LogP contribution < -0.4 is 10.6 Å². The zero-order valence-corrected chi connectivity index (χ0v) is 41.5. The molecule has 18 heteroatoms. The van der Waals surface area contributed by atoms with E-state index in [0.29, 0.717) is 12.1 Å². The summed E-state index contributed by atoms with van der Waals surface area (Å²) in [6.45, 7) is 22.5. The number of nitrogens with one attached hydrogen (secondary N) is 2. The van der Waals surface area contributed by atoms with Crippen molar-refractivity contribution in [3.8, 4) is 12.5 Å². The molecule has 0 aliphatic carbocycles. The fourth-order valence-electron chi connectivity index (χ4n) is 8.37. The van der Waals surface area contributed by atoms with Gasteiger partial charge in [-0.1, -0.05) is 99.6 Å². The molecule has 0 aromatic carbocycles. The number of allylic oxidation sites excluding steroid dienone is 3. The number of likely N-dealkylation sites (N-methyl/N-ethyl adjacent to an activating group) is 2. The highest BCUT2D eigenvalue weighted by Gasteiger charge is 2.40. The quantitative estimate of drug-likeness (QED) is 0.0309. The molecule has 0 aromatic heterocycles. The molecule has 1 fully saturated rings. The fraction of sp³-hybridized carbons (Fsp3) is 0.729. The van der Waals surface area contributed by atoms with E-state index >= 15 is 0 Å². The topological polar surface area (TPSA) is 248 Å². The molecule has 378 valence electrons. The average Bonchev–Trinajstić information content (AvgIpc) is 3.75. The number of nitrogens with zero attached hydrogens (tertiary/aromatic N) is 3. The van der Waals surface area contributed by atoms with Crippen molar-refractivity contribution in [2.75, 3.05) is 48.0 Å². The normalized spacial score (nSPS) is 19.5. The molecule has 0 radical (unpaired) electrons. The van der Waals surface area contributed by atoms with Crippen LogP contribution in [0.3, 0.4) is 0 Å². The maximum Gasteiger partial charge on any atom is 0.326 e. The first-order valence-corrected chi connectivity index (χ1v) is 22.8. The van der Waals surface area contributed by atoms with Gasteiger partial charge in [-0.25, -0.2) is 4.79 Å². The molecule has 1 heterocycles. The van der Waals surface area contributed by atoms with Gasteiger partial charge in [-0.2, -0.15) is 0 Å². The number of aliphatic hydroxyl groups excluding tert-OH is 4. The first-order valence-electron chi connectivity index (χ1n) is 22.8. The molecule has 13 atom stereocenters. The Kier molecular flexibility index (Phi) is 29.5. The summed E-state index contributed by atoms with van der Waals surface area (Å²) in [7, 11) is 6.49. The lowest BCUT2D eigenvalue weighted by atomic mass is 9.90. The fourth-order valence-corrected chi connectivity index (χ4v) is 8.37. The Balaban J connectivity index is 0.00000140. The van der Waals surface area contributed by atoms with E-state index < -0.39 is 79.0 Å². The number of ether oxygens (including phenoxy) is 3. The molecule has 4 amide bonds. The molecule has 1 aliphatic rings. The van der Waals surface area contributed by atoms with Gasteiger partial charge in [-0.15, -0.1) is 0 Å². The van der Waals surface area contributed by atoms with Gasteiger partial charge < -0.3 is 60.2 Å². The number of methoxy groups -OCH3 is 2. The minimum Gasteiger partial charge on any atom is -0.480 e. The van der Waals surface area contributed by atoms with Crippen LogP contribution in [0.5, 0.6) is 0 Å². The number of terminal acetylenes is 1. The van der Waals surface area contributed by atoms with E-state index in [0.717, 1.165) is 32.1 Å². The number of aliphatic carboxylic acids is 1. The third-order valence-corrected chi connectivity index (χ3v) is 12.3. The highest BCUT2D eigenvalue weighted by atomic mass is 16.5. The molecule has 1 aliphatic heterocycles. The molecule has 18 nitrogen and oxygen atoms in total. The minimum atomic E-state index is -1.72. The van der Waals surface area contributed by atoms with Gasteiger partial charge in [0.25, 0.3) is 0 Å². The van der Waals surface area contributed by atoms with Gasteiger partial charge in [-0.3, -0.25) is 24.1 Å². The Bertz CT molecular complexity index is 1580. The number of hydrogen-bond donors (Lipinski definition) is 7. The van der Waals surface area contributed by atoms with Crippen LogP contribution >= 0.6 is 0 Å². The summed E-state index contributed by atoms with van der Waals surface area (Å²) in [6, 6.07) is -3.00. The van der Waals surface area contributed by atoms with Gasteiger partial charge in [0, 0.05) is 40.8 Å². The predicted octanol–water partition coefficient (Wildman–Crippen LogP) is 1.95. The van der Waals surface area contributed by atoms with E-state index in [1.807, 2.05) is 40.7 Å². The van der Waals surface area contributed by atoms with Gasteiger partial charge in [0.05, 0.1) is 42.4 Å². The summed E-state index contributed by atoms with van der Waals surface area (Å²) in [5.41, 5.74) is 0.659. The van der Waals surface area contributed by atoms with Crippen molar-refractivity contribution in [3.05, 3.63) is 37.0 Å². The van der Waals surface area contributed by atoms with Crippen LogP contribution in [0.1, 0.15) is 87.5 Å². The summed E-state index contributed by atoms with van der Waals surface area (Å²) in [6.07, 6.45) is 8.49. The molecule has 0 bridgehead atoms. The van der Waals surface area contributed by atoms with Gasteiger partial charge in [0.15, 0.2) is 0 Å². The van der Waals surface area contributed by atoms with Gasteiger partial charge in [0.1, 0.15) is 43.1 Å². The number of carboxylic acids is 1. The number of amides is 4.